The second kappa shape index (κ2) is 6.89. The van der Waals surface area contributed by atoms with Gasteiger partial charge in [-0.1, -0.05) is 24.3 Å². The van der Waals surface area contributed by atoms with Crippen molar-refractivity contribution in [2.75, 3.05) is 6.54 Å². The Labute approximate surface area is 141 Å². The number of carbonyl (C=O) groups excluding carboxylic acids is 1. The second-order valence-corrected chi connectivity index (χ2v) is 5.97. The highest BCUT2D eigenvalue weighted by Gasteiger charge is 2.09. The molecule has 0 saturated heterocycles. The summed E-state index contributed by atoms with van der Waals surface area (Å²) in [7, 11) is 0. The Balaban J connectivity index is 1.94. The first-order valence-corrected chi connectivity index (χ1v) is 8.25. The molecule has 124 valence electrons. The van der Waals surface area contributed by atoms with Gasteiger partial charge in [-0.05, 0) is 43.7 Å². The predicted octanol–water partition coefficient (Wildman–Crippen LogP) is 3.32. The third kappa shape index (κ3) is 3.19. The monoisotopic (exact) mass is 322 g/mol. The lowest BCUT2D eigenvalue weighted by Gasteiger charge is -2.04. The standard InChI is InChI=1S/C20H22N2O2/c1-3-22-18-7-5-4-6-16(18)17-12-15(8-10-19(17)22)9-11-20(24)21-13-14(2)23/h4-12,14,23H,3,13H2,1-2H3,(H,21,24)/b11-9+. The molecule has 1 unspecified atom stereocenters. The summed E-state index contributed by atoms with van der Waals surface area (Å²) in [6, 6.07) is 14.6. The maximum Gasteiger partial charge on any atom is 0.244 e. The van der Waals surface area contributed by atoms with E-state index in [0.29, 0.717) is 0 Å². The first-order valence-electron chi connectivity index (χ1n) is 8.25. The number of fused-ring (bicyclic) bond motifs is 3. The molecule has 0 fully saturated rings. The quantitative estimate of drug-likeness (QED) is 0.708. The fraction of sp³-hybridized carbons (Fsp3) is 0.250. The highest BCUT2D eigenvalue weighted by Crippen LogP contribution is 2.29. The van der Waals surface area contributed by atoms with Crippen LogP contribution in [0.4, 0.5) is 0 Å². The Bertz CT molecular complexity index is 907. The number of amides is 1. The second-order valence-electron chi connectivity index (χ2n) is 5.97. The van der Waals surface area contributed by atoms with Crippen LogP contribution in [0.5, 0.6) is 0 Å². The molecular formula is C20H22N2O2. The van der Waals surface area contributed by atoms with Gasteiger partial charge >= 0.3 is 0 Å². The van der Waals surface area contributed by atoms with Crippen LogP contribution in [0, 0.1) is 0 Å². The molecule has 1 amide bonds. The highest BCUT2D eigenvalue weighted by atomic mass is 16.3. The van der Waals surface area contributed by atoms with Crippen molar-refractivity contribution in [3.63, 3.8) is 0 Å². The molecule has 0 aliphatic heterocycles. The van der Waals surface area contributed by atoms with E-state index < -0.39 is 6.10 Å². The van der Waals surface area contributed by atoms with E-state index in [-0.39, 0.29) is 12.5 Å². The van der Waals surface area contributed by atoms with Crippen molar-refractivity contribution < 1.29 is 9.90 Å². The number of carbonyl (C=O) groups is 1. The molecule has 1 aromatic heterocycles. The molecule has 3 rings (SSSR count). The van der Waals surface area contributed by atoms with Crippen molar-refractivity contribution >= 4 is 33.8 Å². The first kappa shape index (κ1) is 16.3. The molecule has 24 heavy (non-hydrogen) atoms. The van der Waals surface area contributed by atoms with Crippen LogP contribution in [0.25, 0.3) is 27.9 Å². The zero-order chi connectivity index (χ0) is 17.1. The van der Waals surface area contributed by atoms with Crippen LogP contribution in [0.15, 0.2) is 48.5 Å². The number of aryl methyl sites for hydroxylation is 1. The Morgan fingerprint density at radius 2 is 1.96 bits per heavy atom. The van der Waals surface area contributed by atoms with Crippen LogP contribution in [0.3, 0.4) is 0 Å². The fourth-order valence-electron chi connectivity index (χ4n) is 2.99. The third-order valence-corrected chi connectivity index (χ3v) is 4.11. The van der Waals surface area contributed by atoms with Crippen molar-refractivity contribution in [2.45, 2.75) is 26.5 Å². The van der Waals surface area contributed by atoms with Crippen LogP contribution >= 0.6 is 0 Å². The molecule has 4 heteroatoms. The number of aliphatic hydroxyl groups is 1. The van der Waals surface area contributed by atoms with Crippen molar-refractivity contribution in [3.05, 3.63) is 54.1 Å². The number of nitrogens with one attached hydrogen (secondary N) is 1. The number of aliphatic hydroxyl groups excluding tert-OH is 1. The van der Waals surface area contributed by atoms with Gasteiger partial charge in [-0.15, -0.1) is 0 Å². The number of aromatic nitrogens is 1. The van der Waals surface area contributed by atoms with Gasteiger partial charge in [0, 0.05) is 41.0 Å². The van der Waals surface area contributed by atoms with E-state index in [9.17, 15) is 9.90 Å². The van der Waals surface area contributed by atoms with E-state index in [1.807, 2.05) is 12.1 Å². The molecule has 0 radical (unpaired) electrons. The highest BCUT2D eigenvalue weighted by molar-refractivity contribution is 6.08. The number of hydrogen-bond acceptors (Lipinski definition) is 2. The zero-order valence-electron chi connectivity index (χ0n) is 14.0. The van der Waals surface area contributed by atoms with Crippen molar-refractivity contribution in [2.24, 2.45) is 0 Å². The van der Waals surface area contributed by atoms with Crippen LogP contribution in [0.1, 0.15) is 19.4 Å². The van der Waals surface area contributed by atoms with Crippen molar-refractivity contribution in [1.82, 2.24) is 9.88 Å². The summed E-state index contributed by atoms with van der Waals surface area (Å²) in [5.74, 6) is -0.202. The Morgan fingerprint density at radius 1 is 1.21 bits per heavy atom. The molecular weight excluding hydrogens is 300 g/mol. The van der Waals surface area contributed by atoms with Crippen molar-refractivity contribution in [3.8, 4) is 0 Å². The van der Waals surface area contributed by atoms with E-state index in [1.54, 1.807) is 13.0 Å². The summed E-state index contributed by atoms with van der Waals surface area (Å²) < 4.78 is 2.30. The molecule has 3 aromatic rings. The molecule has 2 N–H and O–H groups in total. The van der Waals surface area contributed by atoms with Gasteiger partial charge in [0.2, 0.25) is 5.91 Å². The average Bonchev–Trinajstić information content (AvgIpc) is 2.91. The molecule has 0 bridgehead atoms. The molecule has 1 heterocycles. The minimum atomic E-state index is -0.543. The molecule has 1 atom stereocenters. The largest absolute Gasteiger partial charge is 0.392 e. The molecule has 0 saturated carbocycles. The first-order chi connectivity index (χ1) is 11.6. The van der Waals surface area contributed by atoms with Crippen molar-refractivity contribution in [1.29, 1.82) is 0 Å². The van der Waals surface area contributed by atoms with Crippen LogP contribution in [-0.2, 0) is 11.3 Å². The van der Waals surface area contributed by atoms with Crippen LogP contribution in [-0.4, -0.2) is 28.2 Å². The van der Waals surface area contributed by atoms with Gasteiger partial charge in [0.15, 0.2) is 0 Å². The normalized spacial score (nSPS) is 13.0. The van der Waals surface area contributed by atoms with Gasteiger partial charge in [-0.3, -0.25) is 4.79 Å². The van der Waals surface area contributed by atoms with Gasteiger partial charge in [0.25, 0.3) is 0 Å². The number of nitrogens with zero attached hydrogens (tertiary/aromatic N) is 1. The minimum absolute atomic E-state index is 0.202. The molecule has 0 aliphatic carbocycles. The summed E-state index contributed by atoms with van der Waals surface area (Å²) in [4.78, 5) is 11.7. The number of para-hydroxylation sites is 1. The van der Waals surface area contributed by atoms with Gasteiger partial charge < -0.3 is 15.0 Å². The maximum atomic E-state index is 11.7. The SMILES string of the molecule is CCn1c2ccccc2c2cc(/C=C/C(=O)NCC(C)O)ccc21. The van der Waals surface area contributed by atoms with Gasteiger partial charge in [-0.25, -0.2) is 0 Å². The van der Waals surface area contributed by atoms with E-state index >= 15 is 0 Å². The molecule has 4 nitrogen and oxygen atoms in total. The lowest BCUT2D eigenvalue weighted by atomic mass is 10.1. The Kier molecular flexibility index (Phi) is 4.67. The molecule has 2 aromatic carbocycles. The van der Waals surface area contributed by atoms with E-state index in [0.717, 1.165) is 12.1 Å². The van der Waals surface area contributed by atoms with E-state index in [2.05, 4.69) is 47.1 Å². The van der Waals surface area contributed by atoms with Crippen LogP contribution < -0.4 is 5.32 Å². The average molecular weight is 322 g/mol. The molecule has 0 aliphatic rings. The lowest BCUT2D eigenvalue weighted by Crippen LogP contribution is -2.28. The summed E-state index contributed by atoms with van der Waals surface area (Å²) in [5.41, 5.74) is 3.41. The van der Waals surface area contributed by atoms with Crippen LogP contribution in [0.2, 0.25) is 0 Å². The summed E-state index contributed by atoms with van der Waals surface area (Å²) in [6.07, 6.45) is 2.76. The Morgan fingerprint density at radius 3 is 2.71 bits per heavy atom. The summed E-state index contributed by atoms with van der Waals surface area (Å²) >= 11 is 0. The third-order valence-electron chi connectivity index (χ3n) is 4.11. The number of rotatable bonds is 5. The van der Waals surface area contributed by atoms with E-state index in [4.69, 9.17) is 0 Å². The van der Waals surface area contributed by atoms with Gasteiger partial charge in [0.05, 0.1) is 6.10 Å². The smallest absolute Gasteiger partial charge is 0.244 e. The zero-order valence-corrected chi connectivity index (χ0v) is 14.0. The number of benzene rings is 2. The predicted molar refractivity (Wildman–Crippen MR) is 98.8 cm³/mol. The minimum Gasteiger partial charge on any atom is -0.392 e. The van der Waals surface area contributed by atoms with Gasteiger partial charge in [-0.2, -0.15) is 0 Å². The van der Waals surface area contributed by atoms with E-state index in [1.165, 1.54) is 27.9 Å². The maximum absolute atomic E-state index is 11.7. The Hall–Kier alpha value is -2.59. The lowest BCUT2D eigenvalue weighted by molar-refractivity contribution is -0.116. The number of hydrogen-bond donors (Lipinski definition) is 2. The summed E-state index contributed by atoms with van der Waals surface area (Å²) in [6.45, 7) is 4.96. The topological polar surface area (TPSA) is 54.3 Å². The van der Waals surface area contributed by atoms with Gasteiger partial charge in [0.1, 0.15) is 0 Å². The summed E-state index contributed by atoms with van der Waals surface area (Å²) in [5, 5.41) is 14.3. The fourth-order valence-corrected chi connectivity index (χ4v) is 2.99. The molecule has 0 spiro atoms.